The first kappa shape index (κ1) is 14.3. The van der Waals surface area contributed by atoms with E-state index in [4.69, 9.17) is 0 Å². The highest BCUT2D eigenvalue weighted by Gasteiger charge is 2.28. The van der Waals surface area contributed by atoms with Gasteiger partial charge in [-0.1, -0.05) is 31.2 Å². The molecule has 1 aromatic carbocycles. The van der Waals surface area contributed by atoms with Crippen molar-refractivity contribution in [2.75, 3.05) is 6.54 Å². The van der Waals surface area contributed by atoms with Gasteiger partial charge in [0.1, 0.15) is 5.82 Å². The van der Waals surface area contributed by atoms with Crippen LogP contribution in [0.4, 0.5) is 0 Å². The zero-order chi connectivity index (χ0) is 14.7. The lowest BCUT2D eigenvalue weighted by atomic mass is 9.77. The predicted octanol–water partition coefficient (Wildman–Crippen LogP) is 3.06. The highest BCUT2D eigenvalue weighted by molar-refractivity contribution is 5.34. The summed E-state index contributed by atoms with van der Waals surface area (Å²) in [7, 11) is 2.08. The van der Waals surface area contributed by atoms with Gasteiger partial charge >= 0.3 is 0 Å². The minimum atomic E-state index is 0.470. The van der Waals surface area contributed by atoms with Gasteiger partial charge in [0.05, 0.1) is 0 Å². The molecule has 0 fully saturated rings. The molecule has 3 nitrogen and oxygen atoms in total. The van der Waals surface area contributed by atoms with Crippen LogP contribution in [0.1, 0.15) is 42.6 Å². The molecule has 2 unspecified atom stereocenters. The van der Waals surface area contributed by atoms with Crippen molar-refractivity contribution in [3.63, 3.8) is 0 Å². The summed E-state index contributed by atoms with van der Waals surface area (Å²) in [6.07, 6.45) is 8.73. The van der Waals surface area contributed by atoms with Crippen LogP contribution in [-0.4, -0.2) is 22.1 Å². The zero-order valence-electron chi connectivity index (χ0n) is 13.0. The number of hydrogen-bond acceptors (Lipinski definition) is 2. The van der Waals surface area contributed by atoms with Crippen molar-refractivity contribution < 1.29 is 0 Å². The van der Waals surface area contributed by atoms with Crippen molar-refractivity contribution in [3.8, 4) is 0 Å². The van der Waals surface area contributed by atoms with Crippen molar-refractivity contribution in [2.45, 2.75) is 44.6 Å². The summed E-state index contributed by atoms with van der Waals surface area (Å²) >= 11 is 0. The fourth-order valence-corrected chi connectivity index (χ4v) is 3.62. The monoisotopic (exact) mass is 283 g/mol. The summed E-state index contributed by atoms with van der Waals surface area (Å²) < 4.78 is 2.14. The number of rotatable bonds is 5. The molecule has 2 atom stereocenters. The van der Waals surface area contributed by atoms with E-state index in [2.05, 4.69) is 53.1 Å². The molecule has 0 saturated carbocycles. The normalized spacial score (nSPS) is 19.2. The van der Waals surface area contributed by atoms with Crippen molar-refractivity contribution in [2.24, 2.45) is 7.05 Å². The standard InChI is InChI=1S/C18H25N3/c1-3-19-17(13-18-20-11-12-21(18)2)16-10-6-8-14-7-4-5-9-15(14)16/h4-5,7,9,11-12,16-17,19H,3,6,8,10,13H2,1-2H3. The Hall–Kier alpha value is -1.61. The molecule has 0 radical (unpaired) electrons. The zero-order valence-corrected chi connectivity index (χ0v) is 13.0. The molecular formula is C18H25N3. The van der Waals surface area contributed by atoms with Gasteiger partial charge < -0.3 is 9.88 Å². The van der Waals surface area contributed by atoms with Crippen molar-refractivity contribution >= 4 is 0 Å². The van der Waals surface area contributed by atoms with Crippen molar-refractivity contribution in [1.29, 1.82) is 0 Å². The minimum absolute atomic E-state index is 0.470. The van der Waals surface area contributed by atoms with E-state index in [1.165, 1.54) is 30.7 Å². The number of benzene rings is 1. The largest absolute Gasteiger partial charge is 0.338 e. The number of likely N-dealkylation sites (N-methyl/N-ethyl adjacent to an activating group) is 1. The molecule has 3 rings (SSSR count). The first-order valence-corrected chi connectivity index (χ1v) is 8.07. The fourth-order valence-electron chi connectivity index (χ4n) is 3.62. The average molecular weight is 283 g/mol. The lowest BCUT2D eigenvalue weighted by Gasteiger charge is -2.33. The van der Waals surface area contributed by atoms with E-state index in [-0.39, 0.29) is 0 Å². The Morgan fingerprint density at radius 3 is 3.00 bits per heavy atom. The van der Waals surface area contributed by atoms with E-state index in [0.717, 1.165) is 13.0 Å². The summed E-state index contributed by atoms with van der Waals surface area (Å²) in [5.74, 6) is 1.77. The summed E-state index contributed by atoms with van der Waals surface area (Å²) in [5.41, 5.74) is 3.08. The van der Waals surface area contributed by atoms with Crippen LogP contribution in [0.2, 0.25) is 0 Å². The Kier molecular flexibility index (Phi) is 4.39. The molecule has 1 N–H and O–H groups in total. The van der Waals surface area contributed by atoms with Crippen LogP contribution in [0.3, 0.4) is 0 Å². The third kappa shape index (κ3) is 3.03. The molecule has 1 heterocycles. The molecule has 0 amide bonds. The molecule has 3 heteroatoms. The number of nitrogens with one attached hydrogen (secondary N) is 1. The Morgan fingerprint density at radius 1 is 1.38 bits per heavy atom. The van der Waals surface area contributed by atoms with Crippen LogP contribution < -0.4 is 5.32 Å². The van der Waals surface area contributed by atoms with E-state index in [9.17, 15) is 0 Å². The van der Waals surface area contributed by atoms with E-state index in [1.54, 1.807) is 5.56 Å². The van der Waals surface area contributed by atoms with Gasteiger partial charge in [-0.3, -0.25) is 0 Å². The molecule has 0 saturated heterocycles. The van der Waals surface area contributed by atoms with Crippen LogP contribution in [0.15, 0.2) is 36.7 Å². The molecule has 1 aliphatic rings. The number of aromatic nitrogens is 2. The second kappa shape index (κ2) is 6.44. The Bertz CT molecular complexity index is 588. The van der Waals surface area contributed by atoms with Crippen molar-refractivity contribution in [3.05, 3.63) is 53.6 Å². The van der Waals surface area contributed by atoms with Gasteiger partial charge in [-0.25, -0.2) is 4.98 Å². The van der Waals surface area contributed by atoms with Crippen molar-refractivity contribution in [1.82, 2.24) is 14.9 Å². The Morgan fingerprint density at radius 2 is 2.24 bits per heavy atom. The predicted molar refractivity (Wildman–Crippen MR) is 86.5 cm³/mol. The topological polar surface area (TPSA) is 29.9 Å². The Balaban J connectivity index is 1.86. The van der Waals surface area contributed by atoms with Crippen LogP contribution in [0.5, 0.6) is 0 Å². The number of hydrogen-bond donors (Lipinski definition) is 1. The third-order valence-corrected chi connectivity index (χ3v) is 4.69. The maximum atomic E-state index is 4.51. The van der Waals surface area contributed by atoms with E-state index >= 15 is 0 Å². The molecule has 0 spiro atoms. The molecule has 21 heavy (non-hydrogen) atoms. The molecule has 2 aromatic rings. The first-order valence-electron chi connectivity index (χ1n) is 8.07. The minimum Gasteiger partial charge on any atom is -0.338 e. The average Bonchev–Trinajstić information content (AvgIpc) is 2.91. The Labute approximate surface area is 127 Å². The second-order valence-electron chi connectivity index (χ2n) is 6.02. The van der Waals surface area contributed by atoms with Gasteiger partial charge in [-0.05, 0) is 42.9 Å². The SMILES string of the molecule is CCNC(Cc1nccn1C)C1CCCc2ccccc21. The summed E-state index contributed by atoms with van der Waals surface area (Å²) in [6.45, 7) is 3.20. The second-order valence-corrected chi connectivity index (χ2v) is 6.02. The van der Waals surface area contributed by atoms with Gasteiger partial charge in [0.25, 0.3) is 0 Å². The number of imidazole rings is 1. The fraction of sp³-hybridized carbons (Fsp3) is 0.500. The highest BCUT2D eigenvalue weighted by atomic mass is 15.0. The van der Waals surface area contributed by atoms with Gasteiger partial charge in [-0.2, -0.15) is 0 Å². The van der Waals surface area contributed by atoms with Crippen LogP contribution in [0.25, 0.3) is 0 Å². The van der Waals surface area contributed by atoms with E-state index < -0.39 is 0 Å². The third-order valence-electron chi connectivity index (χ3n) is 4.69. The molecule has 112 valence electrons. The highest BCUT2D eigenvalue weighted by Crippen LogP contribution is 2.34. The van der Waals surface area contributed by atoms with Gasteiger partial charge in [0, 0.05) is 31.9 Å². The van der Waals surface area contributed by atoms with Crippen LogP contribution in [-0.2, 0) is 19.9 Å². The lowest BCUT2D eigenvalue weighted by molar-refractivity contribution is 0.388. The van der Waals surface area contributed by atoms with Crippen LogP contribution in [0, 0.1) is 0 Å². The lowest BCUT2D eigenvalue weighted by Crippen LogP contribution is -2.38. The number of nitrogens with zero attached hydrogens (tertiary/aromatic N) is 2. The van der Waals surface area contributed by atoms with Gasteiger partial charge in [0.15, 0.2) is 0 Å². The first-order chi connectivity index (χ1) is 10.3. The molecule has 0 bridgehead atoms. The summed E-state index contributed by atoms with van der Waals surface area (Å²) in [5, 5.41) is 3.71. The smallest absolute Gasteiger partial charge is 0.109 e. The maximum Gasteiger partial charge on any atom is 0.109 e. The molecular weight excluding hydrogens is 258 g/mol. The van der Waals surface area contributed by atoms with E-state index in [1.807, 2.05) is 12.4 Å². The summed E-state index contributed by atoms with van der Waals surface area (Å²) in [6, 6.07) is 9.44. The molecule has 1 aliphatic carbocycles. The van der Waals surface area contributed by atoms with Crippen LogP contribution >= 0.6 is 0 Å². The van der Waals surface area contributed by atoms with E-state index in [0.29, 0.717) is 12.0 Å². The number of fused-ring (bicyclic) bond motifs is 1. The molecule has 0 aliphatic heterocycles. The van der Waals surface area contributed by atoms with Gasteiger partial charge in [-0.15, -0.1) is 0 Å². The molecule has 1 aromatic heterocycles. The maximum absolute atomic E-state index is 4.51. The number of aryl methyl sites for hydroxylation is 2. The summed E-state index contributed by atoms with van der Waals surface area (Å²) in [4.78, 5) is 4.51. The van der Waals surface area contributed by atoms with Gasteiger partial charge in [0.2, 0.25) is 0 Å². The quantitative estimate of drug-likeness (QED) is 0.914.